The number of nitrogens with one attached hydrogen (secondary N) is 1. The van der Waals surface area contributed by atoms with Crippen molar-refractivity contribution in [1.29, 1.82) is 0 Å². The molecule has 5 heterocycles. The van der Waals surface area contributed by atoms with Crippen LogP contribution in [-0.2, 0) is 0 Å². The maximum atomic E-state index is 6.72. The molecular formula is C57H33N5O2. The van der Waals surface area contributed by atoms with Crippen LogP contribution >= 0.6 is 0 Å². The number of hydrogen-bond acceptors (Lipinski definition) is 5. The van der Waals surface area contributed by atoms with Crippen LogP contribution in [0.4, 0.5) is 0 Å². The SMILES string of the molecule is c1ccc(-c2nc(-c3ccc4c(c3)oc3ccccc34)nc(-c3cc(-n4c5ccccc5c5cc(-c6ccc7[nH]c8ccccc8c7c6)ccc54)c4c(c3)oc3ccccc34)n2)cc1. The molecule has 0 aliphatic rings. The first-order chi connectivity index (χ1) is 31.7. The molecule has 0 amide bonds. The van der Waals surface area contributed by atoms with E-state index in [1.807, 2.05) is 66.7 Å². The smallest absolute Gasteiger partial charge is 0.164 e. The third-order valence-corrected chi connectivity index (χ3v) is 12.8. The van der Waals surface area contributed by atoms with Crippen molar-refractivity contribution in [3.63, 3.8) is 0 Å². The Kier molecular flexibility index (Phi) is 7.27. The van der Waals surface area contributed by atoms with Gasteiger partial charge >= 0.3 is 0 Å². The summed E-state index contributed by atoms with van der Waals surface area (Å²) in [5.41, 5.74) is 13.5. The van der Waals surface area contributed by atoms with Gasteiger partial charge in [-0.3, -0.25) is 0 Å². The molecule has 5 aromatic heterocycles. The molecule has 0 aliphatic carbocycles. The first kappa shape index (κ1) is 34.9. The average molecular weight is 820 g/mol. The van der Waals surface area contributed by atoms with E-state index in [9.17, 15) is 0 Å². The second-order valence-electron chi connectivity index (χ2n) is 16.5. The fourth-order valence-corrected chi connectivity index (χ4v) is 9.79. The summed E-state index contributed by atoms with van der Waals surface area (Å²) in [6.07, 6.45) is 0. The maximum absolute atomic E-state index is 6.72. The van der Waals surface area contributed by atoms with Gasteiger partial charge in [0.1, 0.15) is 22.3 Å². The van der Waals surface area contributed by atoms with Crippen LogP contribution in [0.2, 0.25) is 0 Å². The van der Waals surface area contributed by atoms with Crippen LogP contribution < -0.4 is 0 Å². The molecule has 0 spiro atoms. The molecule has 7 heteroatoms. The van der Waals surface area contributed by atoms with Crippen molar-refractivity contribution >= 4 is 87.5 Å². The number of para-hydroxylation sites is 4. The van der Waals surface area contributed by atoms with Crippen molar-refractivity contribution in [3.05, 3.63) is 194 Å². The van der Waals surface area contributed by atoms with Crippen molar-refractivity contribution in [2.24, 2.45) is 0 Å². The molecular weight excluding hydrogens is 787 g/mol. The quantitative estimate of drug-likeness (QED) is 0.187. The molecule has 0 fully saturated rings. The van der Waals surface area contributed by atoms with Crippen molar-refractivity contribution in [2.45, 2.75) is 0 Å². The molecule has 0 unspecified atom stereocenters. The molecule has 0 saturated carbocycles. The molecule has 0 saturated heterocycles. The van der Waals surface area contributed by atoms with E-state index in [1.165, 1.54) is 16.3 Å². The van der Waals surface area contributed by atoms with Crippen LogP contribution in [0.1, 0.15) is 0 Å². The van der Waals surface area contributed by atoms with Gasteiger partial charge in [-0.15, -0.1) is 0 Å². The Morgan fingerprint density at radius 1 is 0.328 bits per heavy atom. The van der Waals surface area contributed by atoms with Crippen molar-refractivity contribution in [3.8, 4) is 51.0 Å². The Labute approximate surface area is 364 Å². The number of H-pyrrole nitrogens is 1. The monoisotopic (exact) mass is 819 g/mol. The topological polar surface area (TPSA) is 85.7 Å². The number of fused-ring (bicyclic) bond motifs is 12. The minimum Gasteiger partial charge on any atom is -0.456 e. The Morgan fingerprint density at radius 2 is 0.891 bits per heavy atom. The highest BCUT2D eigenvalue weighted by molar-refractivity contribution is 6.16. The molecule has 64 heavy (non-hydrogen) atoms. The normalized spacial score (nSPS) is 12.1. The first-order valence-electron chi connectivity index (χ1n) is 21.4. The molecule has 298 valence electrons. The van der Waals surface area contributed by atoms with E-state index in [4.69, 9.17) is 23.8 Å². The predicted molar refractivity (Wildman–Crippen MR) is 260 cm³/mol. The van der Waals surface area contributed by atoms with Crippen molar-refractivity contribution in [1.82, 2.24) is 24.5 Å². The Hall–Kier alpha value is -8.81. The summed E-state index contributed by atoms with van der Waals surface area (Å²) in [4.78, 5) is 19.1. The van der Waals surface area contributed by atoms with Gasteiger partial charge in [0, 0.05) is 65.4 Å². The number of furan rings is 2. The third kappa shape index (κ3) is 5.25. The third-order valence-electron chi connectivity index (χ3n) is 12.8. The summed E-state index contributed by atoms with van der Waals surface area (Å²) in [6, 6.07) is 67.6. The van der Waals surface area contributed by atoms with E-state index in [1.54, 1.807) is 0 Å². The number of aromatic nitrogens is 5. The van der Waals surface area contributed by atoms with Gasteiger partial charge < -0.3 is 18.4 Å². The Bertz CT molecular complexity index is 4210. The van der Waals surface area contributed by atoms with Crippen molar-refractivity contribution in [2.75, 3.05) is 0 Å². The van der Waals surface area contributed by atoms with Gasteiger partial charge in [-0.05, 0) is 83.9 Å². The summed E-state index contributed by atoms with van der Waals surface area (Å²) in [6.45, 7) is 0. The van der Waals surface area contributed by atoms with Gasteiger partial charge in [-0.2, -0.15) is 0 Å². The van der Waals surface area contributed by atoms with Crippen LogP contribution in [0.5, 0.6) is 0 Å². The van der Waals surface area contributed by atoms with Crippen molar-refractivity contribution < 1.29 is 8.83 Å². The molecule has 14 rings (SSSR count). The maximum Gasteiger partial charge on any atom is 0.164 e. The van der Waals surface area contributed by atoms with Gasteiger partial charge in [0.05, 0.1) is 22.1 Å². The highest BCUT2D eigenvalue weighted by atomic mass is 16.3. The van der Waals surface area contributed by atoms with Crippen LogP contribution in [-0.4, -0.2) is 24.5 Å². The number of nitrogens with zero attached hydrogens (tertiary/aromatic N) is 4. The van der Waals surface area contributed by atoms with Crippen LogP contribution in [0.15, 0.2) is 203 Å². The molecule has 0 aliphatic heterocycles. The predicted octanol–water partition coefficient (Wildman–Crippen LogP) is 15.1. The van der Waals surface area contributed by atoms with Gasteiger partial charge in [0.25, 0.3) is 0 Å². The Balaban J connectivity index is 0.999. The fourth-order valence-electron chi connectivity index (χ4n) is 9.79. The molecule has 1 N–H and O–H groups in total. The standard InChI is InChI=1S/C57H33N5O2/c1-2-12-33(13-3-1)55-59-56(36-22-25-41-40-16-6-10-20-50(40)63-52(41)31-36)61-57(60-55)37-30-49(54-42-17-7-11-21-51(42)64-53(54)32-37)62-47-19-9-5-15-39(47)44-29-35(24-27-48(44)62)34-23-26-46-43(28-34)38-14-4-8-18-45(38)58-46/h1-32,58H. The molecule has 0 bridgehead atoms. The zero-order valence-electron chi connectivity index (χ0n) is 34.1. The van der Waals surface area contributed by atoms with E-state index in [2.05, 4.69) is 137 Å². The van der Waals surface area contributed by atoms with E-state index in [0.29, 0.717) is 17.5 Å². The zero-order chi connectivity index (χ0) is 41.9. The largest absolute Gasteiger partial charge is 0.456 e. The first-order valence-corrected chi connectivity index (χ1v) is 21.4. The van der Waals surface area contributed by atoms with Crippen LogP contribution in [0.25, 0.3) is 138 Å². The lowest BCUT2D eigenvalue weighted by Gasteiger charge is -2.13. The number of aromatic amines is 1. The molecule has 9 aromatic carbocycles. The average Bonchev–Trinajstić information content (AvgIpc) is 4.12. The van der Waals surface area contributed by atoms with Crippen LogP contribution in [0, 0.1) is 0 Å². The summed E-state index contributed by atoms with van der Waals surface area (Å²) in [5.74, 6) is 1.66. The summed E-state index contributed by atoms with van der Waals surface area (Å²) < 4.78 is 15.4. The van der Waals surface area contributed by atoms with E-state index >= 15 is 0 Å². The minimum absolute atomic E-state index is 0.535. The number of rotatable bonds is 5. The van der Waals surface area contributed by atoms with Crippen LogP contribution in [0.3, 0.4) is 0 Å². The highest BCUT2D eigenvalue weighted by Gasteiger charge is 2.22. The summed E-state index contributed by atoms with van der Waals surface area (Å²) in [5, 5.41) is 8.94. The molecule has 0 radical (unpaired) electrons. The van der Waals surface area contributed by atoms with Gasteiger partial charge in [-0.25, -0.2) is 15.0 Å². The lowest BCUT2D eigenvalue weighted by molar-refractivity contribution is 0.668. The zero-order valence-corrected chi connectivity index (χ0v) is 34.1. The van der Waals surface area contributed by atoms with E-state index < -0.39 is 0 Å². The van der Waals surface area contributed by atoms with E-state index in [-0.39, 0.29) is 0 Å². The van der Waals surface area contributed by atoms with Gasteiger partial charge in [0.15, 0.2) is 17.5 Å². The summed E-state index contributed by atoms with van der Waals surface area (Å²) >= 11 is 0. The Morgan fingerprint density at radius 3 is 1.73 bits per heavy atom. The van der Waals surface area contributed by atoms with Gasteiger partial charge in [-0.1, -0.05) is 121 Å². The molecule has 14 aromatic rings. The minimum atomic E-state index is 0.535. The van der Waals surface area contributed by atoms with E-state index in [0.717, 1.165) is 105 Å². The summed E-state index contributed by atoms with van der Waals surface area (Å²) in [7, 11) is 0. The number of hydrogen-bond donors (Lipinski definition) is 1. The lowest BCUT2D eigenvalue weighted by Crippen LogP contribution is -2.01. The fraction of sp³-hybridized carbons (Fsp3) is 0. The van der Waals surface area contributed by atoms with Gasteiger partial charge in [0.2, 0.25) is 0 Å². The number of benzene rings is 9. The molecule has 0 atom stereocenters. The second-order valence-corrected chi connectivity index (χ2v) is 16.5. The lowest BCUT2D eigenvalue weighted by atomic mass is 10.0. The highest BCUT2D eigenvalue weighted by Crippen LogP contribution is 2.43. The molecule has 7 nitrogen and oxygen atoms in total. The second kappa shape index (κ2) is 13.3.